The molecule has 7 heteroatoms. The van der Waals surface area contributed by atoms with E-state index in [9.17, 15) is 4.79 Å². The zero-order valence-electron chi connectivity index (χ0n) is 17.0. The van der Waals surface area contributed by atoms with Gasteiger partial charge in [-0.25, -0.2) is 0 Å². The van der Waals surface area contributed by atoms with Gasteiger partial charge in [-0.15, -0.1) is 0 Å². The van der Waals surface area contributed by atoms with Crippen LogP contribution in [0.5, 0.6) is 5.75 Å². The number of nitrogens with zero attached hydrogens (tertiary/aromatic N) is 3. The molecular formula is C23H25ClN4O2. The van der Waals surface area contributed by atoms with Crippen LogP contribution in [0.3, 0.4) is 0 Å². The Hall–Kier alpha value is -2.99. The lowest BCUT2D eigenvalue weighted by molar-refractivity contribution is -0.130. The maximum atomic E-state index is 12.8. The maximum absolute atomic E-state index is 12.8. The summed E-state index contributed by atoms with van der Waals surface area (Å²) in [6.45, 7) is 3.07. The molecule has 0 saturated carbocycles. The SMILES string of the molecule is COc1cccc(CC(=O)N2CCCN(c3cc(-c4ccc(Cl)cc4)[nH]n3)CC2)c1. The molecule has 30 heavy (non-hydrogen) atoms. The molecule has 0 atom stereocenters. The molecule has 6 nitrogen and oxygen atoms in total. The highest BCUT2D eigenvalue weighted by atomic mass is 35.5. The fraction of sp³-hybridized carbons (Fsp3) is 0.304. The smallest absolute Gasteiger partial charge is 0.227 e. The average molecular weight is 425 g/mol. The number of aromatic amines is 1. The summed E-state index contributed by atoms with van der Waals surface area (Å²) in [5.41, 5.74) is 2.97. The number of carbonyl (C=O) groups is 1. The number of halogens is 1. The third-order valence-electron chi connectivity index (χ3n) is 5.38. The van der Waals surface area contributed by atoms with Crippen molar-refractivity contribution in [1.82, 2.24) is 15.1 Å². The molecule has 0 aliphatic carbocycles. The number of aromatic nitrogens is 2. The molecule has 0 spiro atoms. The van der Waals surface area contributed by atoms with Crippen LogP contribution in [0.4, 0.5) is 5.82 Å². The van der Waals surface area contributed by atoms with E-state index in [1.807, 2.05) is 53.4 Å². The van der Waals surface area contributed by atoms with Gasteiger partial charge in [-0.1, -0.05) is 35.9 Å². The maximum Gasteiger partial charge on any atom is 0.227 e. The van der Waals surface area contributed by atoms with Crippen LogP contribution in [-0.2, 0) is 11.2 Å². The van der Waals surface area contributed by atoms with Crippen LogP contribution in [0.15, 0.2) is 54.6 Å². The first-order chi connectivity index (χ1) is 14.6. The number of hydrogen-bond donors (Lipinski definition) is 1. The molecule has 1 aliphatic rings. The van der Waals surface area contributed by atoms with Crippen LogP contribution in [0.25, 0.3) is 11.3 Å². The van der Waals surface area contributed by atoms with Crippen molar-refractivity contribution in [2.75, 3.05) is 38.2 Å². The van der Waals surface area contributed by atoms with E-state index in [1.54, 1.807) is 7.11 Å². The lowest BCUT2D eigenvalue weighted by Gasteiger charge is -2.22. The number of ether oxygens (including phenoxy) is 1. The van der Waals surface area contributed by atoms with Crippen molar-refractivity contribution < 1.29 is 9.53 Å². The molecule has 2 aromatic carbocycles. The minimum absolute atomic E-state index is 0.147. The lowest BCUT2D eigenvalue weighted by atomic mass is 10.1. The first-order valence-corrected chi connectivity index (χ1v) is 10.5. The zero-order valence-corrected chi connectivity index (χ0v) is 17.7. The van der Waals surface area contributed by atoms with Gasteiger partial charge < -0.3 is 14.5 Å². The van der Waals surface area contributed by atoms with E-state index in [2.05, 4.69) is 21.2 Å². The number of methoxy groups -OCH3 is 1. The molecule has 1 amide bonds. The molecule has 0 unspecified atom stereocenters. The van der Waals surface area contributed by atoms with Crippen LogP contribution in [0, 0.1) is 0 Å². The standard InChI is InChI=1S/C23H25ClN4O2/c1-30-20-5-2-4-17(14-20)15-23(29)28-11-3-10-27(12-13-28)22-16-21(25-26-22)18-6-8-19(24)9-7-18/h2,4-9,14,16H,3,10-13,15H2,1H3,(H,25,26). The number of anilines is 1. The molecule has 3 aromatic rings. The van der Waals surface area contributed by atoms with Crippen molar-refractivity contribution in [2.24, 2.45) is 0 Å². The van der Waals surface area contributed by atoms with E-state index in [0.29, 0.717) is 18.0 Å². The normalized spacial score (nSPS) is 14.5. The Labute approximate surface area is 181 Å². The molecule has 1 fully saturated rings. The number of benzene rings is 2. The summed E-state index contributed by atoms with van der Waals surface area (Å²) in [5, 5.41) is 8.31. The van der Waals surface area contributed by atoms with Gasteiger partial charge in [-0.2, -0.15) is 5.10 Å². The van der Waals surface area contributed by atoms with Gasteiger partial charge in [-0.3, -0.25) is 9.89 Å². The van der Waals surface area contributed by atoms with Crippen molar-refractivity contribution >= 4 is 23.3 Å². The van der Waals surface area contributed by atoms with Gasteiger partial charge in [0.05, 0.1) is 19.2 Å². The first kappa shape index (κ1) is 20.3. The number of carbonyl (C=O) groups excluding carboxylic acids is 1. The van der Waals surface area contributed by atoms with Crippen LogP contribution in [0.2, 0.25) is 5.02 Å². The zero-order chi connectivity index (χ0) is 20.9. The minimum atomic E-state index is 0.147. The Morgan fingerprint density at radius 2 is 1.93 bits per heavy atom. The highest BCUT2D eigenvalue weighted by Crippen LogP contribution is 2.24. The molecule has 0 radical (unpaired) electrons. The van der Waals surface area contributed by atoms with Crippen molar-refractivity contribution in [1.29, 1.82) is 0 Å². The molecule has 4 rings (SSSR count). The number of rotatable bonds is 5. The second kappa shape index (κ2) is 9.22. The fourth-order valence-electron chi connectivity index (χ4n) is 3.72. The minimum Gasteiger partial charge on any atom is -0.497 e. The van der Waals surface area contributed by atoms with E-state index >= 15 is 0 Å². The predicted molar refractivity (Wildman–Crippen MR) is 119 cm³/mol. The van der Waals surface area contributed by atoms with Crippen molar-refractivity contribution in [2.45, 2.75) is 12.8 Å². The molecule has 1 N–H and O–H groups in total. The average Bonchev–Trinajstić information content (AvgIpc) is 3.12. The summed E-state index contributed by atoms with van der Waals surface area (Å²) in [4.78, 5) is 17.0. The summed E-state index contributed by atoms with van der Waals surface area (Å²) in [6, 6.07) is 17.4. The Kier molecular flexibility index (Phi) is 6.23. The third-order valence-corrected chi connectivity index (χ3v) is 5.63. The van der Waals surface area contributed by atoms with E-state index < -0.39 is 0 Å². The Morgan fingerprint density at radius 1 is 1.10 bits per heavy atom. The monoisotopic (exact) mass is 424 g/mol. The topological polar surface area (TPSA) is 61.5 Å². The van der Waals surface area contributed by atoms with Gasteiger partial charge in [0.2, 0.25) is 5.91 Å². The van der Waals surface area contributed by atoms with Crippen LogP contribution < -0.4 is 9.64 Å². The summed E-state index contributed by atoms with van der Waals surface area (Å²) < 4.78 is 5.26. The molecule has 1 aromatic heterocycles. The van der Waals surface area contributed by atoms with Crippen LogP contribution in [-0.4, -0.2) is 54.3 Å². The molecule has 0 bridgehead atoms. The highest BCUT2D eigenvalue weighted by Gasteiger charge is 2.21. The summed E-state index contributed by atoms with van der Waals surface area (Å²) in [5.74, 6) is 1.83. The van der Waals surface area contributed by atoms with Crippen molar-refractivity contribution in [3.63, 3.8) is 0 Å². The van der Waals surface area contributed by atoms with Crippen LogP contribution in [0.1, 0.15) is 12.0 Å². The van der Waals surface area contributed by atoms with Gasteiger partial charge in [0, 0.05) is 37.3 Å². The van der Waals surface area contributed by atoms with Gasteiger partial charge in [0.25, 0.3) is 0 Å². The summed E-state index contributed by atoms with van der Waals surface area (Å²) in [7, 11) is 1.64. The van der Waals surface area contributed by atoms with Gasteiger partial charge in [0.1, 0.15) is 5.75 Å². The number of nitrogens with one attached hydrogen (secondary N) is 1. The van der Waals surface area contributed by atoms with E-state index in [4.69, 9.17) is 16.3 Å². The quantitative estimate of drug-likeness (QED) is 0.672. The highest BCUT2D eigenvalue weighted by molar-refractivity contribution is 6.30. The van der Waals surface area contributed by atoms with Crippen molar-refractivity contribution in [3.05, 3.63) is 65.2 Å². The summed E-state index contributed by atoms with van der Waals surface area (Å²) in [6.07, 6.45) is 1.30. The predicted octanol–water partition coefficient (Wildman–Crippen LogP) is 4.02. The third kappa shape index (κ3) is 4.76. The molecule has 156 valence electrons. The van der Waals surface area contributed by atoms with Gasteiger partial charge in [-0.05, 0) is 41.8 Å². The number of hydrogen-bond acceptors (Lipinski definition) is 4. The van der Waals surface area contributed by atoms with E-state index in [0.717, 1.165) is 54.4 Å². The van der Waals surface area contributed by atoms with Crippen LogP contribution >= 0.6 is 11.6 Å². The van der Waals surface area contributed by atoms with E-state index in [1.165, 1.54) is 0 Å². The largest absolute Gasteiger partial charge is 0.497 e. The summed E-state index contributed by atoms with van der Waals surface area (Å²) >= 11 is 5.98. The van der Waals surface area contributed by atoms with Gasteiger partial charge in [0.15, 0.2) is 5.82 Å². The van der Waals surface area contributed by atoms with E-state index in [-0.39, 0.29) is 5.91 Å². The Morgan fingerprint density at radius 3 is 2.73 bits per heavy atom. The first-order valence-electron chi connectivity index (χ1n) is 10.1. The number of amides is 1. The van der Waals surface area contributed by atoms with Gasteiger partial charge >= 0.3 is 0 Å². The second-order valence-electron chi connectivity index (χ2n) is 7.40. The Balaban J connectivity index is 1.38. The fourth-order valence-corrected chi connectivity index (χ4v) is 3.84. The molecule has 1 saturated heterocycles. The molecule has 1 aliphatic heterocycles. The molecule has 2 heterocycles. The second-order valence-corrected chi connectivity index (χ2v) is 7.83. The number of H-pyrrole nitrogens is 1. The molecular weight excluding hydrogens is 400 g/mol. The van der Waals surface area contributed by atoms with Crippen molar-refractivity contribution in [3.8, 4) is 17.0 Å². The lowest BCUT2D eigenvalue weighted by Crippen LogP contribution is -2.36. The Bertz CT molecular complexity index is 1000.